The Morgan fingerprint density at radius 3 is 3.00 bits per heavy atom. The van der Waals surface area contributed by atoms with Crippen LogP contribution in [0.25, 0.3) is 5.57 Å². The van der Waals surface area contributed by atoms with Crippen LogP contribution in [0.4, 0.5) is 0 Å². The fourth-order valence-corrected chi connectivity index (χ4v) is 3.95. The maximum atomic E-state index is 6.18. The van der Waals surface area contributed by atoms with Crippen LogP contribution >= 0.6 is 22.9 Å². The lowest BCUT2D eigenvalue weighted by atomic mass is 10.0. The van der Waals surface area contributed by atoms with Crippen LogP contribution in [0.2, 0.25) is 5.02 Å². The Morgan fingerprint density at radius 2 is 2.33 bits per heavy atom. The molecular formula is C12H14ClNS. The van der Waals surface area contributed by atoms with E-state index in [9.17, 15) is 0 Å². The van der Waals surface area contributed by atoms with Crippen molar-refractivity contribution in [1.29, 1.82) is 0 Å². The lowest BCUT2D eigenvalue weighted by Gasteiger charge is -2.30. The molecule has 2 aliphatic heterocycles. The molecule has 1 aromatic rings. The zero-order valence-electron chi connectivity index (χ0n) is 8.74. The molecule has 3 rings (SSSR count). The molecule has 0 N–H and O–H groups in total. The van der Waals surface area contributed by atoms with Gasteiger partial charge in [-0.1, -0.05) is 17.7 Å². The number of nitrogens with zero attached hydrogens (tertiary/aromatic N) is 1. The van der Waals surface area contributed by atoms with Gasteiger partial charge in [0.2, 0.25) is 0 Å². The molecule has 0 aromatic carbocycles. The van der Waals surface area contributed by atoms with E-state index in [0.717, 1.165) is 11.1 Å². The zero-order chi connectivity index (χ0) is 10.4. The number of fused-ring (bicyclic) bond motifs is 2. The van der Waals surface area contributed by atoms with E-state index in [1.807, 2.05) is 6.07 Å². The minimum absolute atomic E-state index is 0.650. The maximum absolute atomic E-state index is 6.18. The highest BCUT2D eigenvalue weighted by atomic mass is 35.5. The van der Waals surface area contributed by atoms with Gasteiger partial charge in [-0.05, 0) is 43.3 Å². The Kier molecular flexibility index (Phi) is 2.38. The van der Waals surface area contributed by atoms with Gasteiger partial charge in [0.15, 0.2) is 0 Å². The van der Waals surface area contributed by atoms with E-state index >= 15 is 0 Å². The molecule has 15 heavy (non-hydrogen) atoms. The Labute approximate surface area is 99.4 Å². The SMILES string of the molecule is CN1C2C=C(c3sccc3Cl)CC1CC2. The third-order valence-electron chi connectivity index (χ3n) is 3.65. The van der Waals surface area contributed by atoms with Gasteiger partial charge in [-0.15, -0.1) is 11.3 Å². The van der Waals surface area contributed by atoms with Crippen LogP contribution in [-0.2, 0) is 0 Å². The predicted molar refractivity (Wildman–Crippen MR) is 66.5 cm³/mol. The van der Waals surface area contributed by atoms with Gasteiger partial charge in [0.05, 0.1) is 5.02 Å². The molecule has 1 fully saturated rings. The molecule has 0 radical (unpaired) electrons. The summed E-state index contributed by atoms with van der Waals surface area (Å²) in [5, 5.41) is 3.01. The second kappa shape index (κ2) is 3.62. The Balaban J connectivity index is 1.97. The van der Waals surface area contributed by atoms with Crippen molar-refractivity contribution < 1.29 is 0 Å². The third kappa shape index (κ3) is 1.55. The van der Waals surface area contributed by atoms with Crippen molar-refractivity contribution in [2.24, 2.45) is 0 Å². The molecule has 80 valence electrons. The van der Waals surface area contributed by atoms with Crippen molar-refractivity contribution in [3.05, 3.63) is 27.4 Å². The number of likely N-dealkylation sites (N-methyl/N-ethyl adjacent to an activating group) is 1. The van der Waals surface area contributed by atoms with Gasteiger partial charge in [-0.25, -0.2) is 0 Å². The van der Waals surface area contributed by atoms with Gasteiger partial charge in [-0.2, -0.15) is 0 Å². The van der Waals surface area contributed by atoms with E-state index < -0.39 is 0 Å². The molecule has 2 atom stereocenters. The molecule has 2 aliphatic rings. The Morgan fingerprint density at radius 1 is 1.47 bits per heavy atom. The van der Waals surface area contributed by atoms with Crippen LogP contribution in [0.5, 0.6) is 0 Å². The first-order valence-corrected chi connectivity index (χ1v) is 6.67. The molecule has 2 unspecified atom stereocenters. The smallest absolute Gasteiger partial charge is 0.0588 e. The highest BCUT2D eigenvalue weighted by Crippen LogP contribution is 2.41. The van der Waals surface area contributed by atoms with E-state index in [0.29, 0.717) is 6.04 Å². The first kappa shape index (κ1) is 9.88. The summed E-state index contributed by atoms with van der Waals surface area (Å²) in [6, 6.07) is 3.40. The van der Waals surface area contributed by atoms with Crippen LogP contribution in [0.3, 0.4) is 0 Å². The fourth-order valence-electron chi connectivity index (χ4n) is 2.73. The molecule has 0 spiro atoms. The summed E-state index contributed by atoms with van der Waals surface area (Å²) in [4.78, 5) is 3.80. The highest BCUT2D eigenvalue weighted by Gasteiger charge is 2.34. The third-order valence-corrected chi connectivity index (χ3v) is 5.07. The van der Waals surface area contributed by atoms with Crippen molar-refractivity contribution in [3.63, 3.8) is 0 Å². The fraction of sp³-hybridized carbons (Fsp3) is 0.500. The average molecular weight is 240 g/mol. The summed E-state index contributed by atoms with van der Waals surface area (Å²) < 4.78 is 0. The standard InChI is InChI=1S/C12H14ClNS/c1-14-9-2-3-10(14)7-8(6-9)12-11(13)4-5-15-12/h4-6,9-10H,2-3,7H2,1H3. The largest absolute Gasteiger partial charge is 0.297 e. The number of hydrogen-bond acceptors (Lipinski definition) is 2. The van der Waals surface area contributed by atoms with Crippen molar-refractivity contribution in [3.8, 4) is 0 Å². The van der Waals surface area contributed by atoms with Crippen LogP contribution in [-0.4, -0.2) is 24.0 Å². The van der Waals surface area contributed by atoms with E-state index in [1.165, 1.54) is 29.7 Å². The van der Waals surface area contributed by atoms with E-state index in [1.54, 1.807) is 11.3 Å². The summed E-state index contributed by atoms with van der Waals surface area (Å²) in [5.74, 6) is 0. The monoisotopic (exact) mass is 239 g/mol. The van der Waals surface area contributed by atoms with Crippen molar-refractivity contribution in [2.75, 3.05) is 7.05 Å². The first-order chi connectivity index (χ1) is 7.25. The summed E-state index contributed by atoms with van der Waals surface area (Å²) >= 11 is 7.95. The molecule has 2 bridgehead atoms. The van der Waals surface area contributed by atoms with Crippen molar-refractivity contribution >= 4 is 28.5 Å². The highest BCUT2D eigenvalue weighted by molar-refractivity contribution is 7.11. The molecule has 0 saturated carbocycles. The van der Waals surface area contributed by atoms with E-state index in [-0.39, 0.29) is 0 Å². The summed E-state index contributed by atoms with van der Waals surface area (Å²) in [5.41, 5.74) is 1.47. The first-order valence-electron chi connectivity index (χ1n) is 5.41. The quantitative estimate of drug-likeness (QED) is 0.723. The van der Waals surface area contributed by atoms with Crippen LogP contribution in [0, 0.1) is 0 Å². The zero-order valence-corrected chi connectivity index (χ0v) is 10.3. The Bertz CT molecular complexity index is 410. The molecule has 1 aromatic heterocycles. The van der Waals surface area contributed by atoms with Crippen molar-refractivity contribution in [2.45, 2.75) is 31.3 Å². The predicted octanol–water partition coefficient (Wildman–Crippen LogP) is 3.65. The number of halogens is 1. The molecule has 0 aliphatic carbocycles. The lowest BCUT2D eigenvalue weighted by Crippen LogP contribution is -2.34. The van der Waals surface area contributed by atoms with Gasteiger partial charge in [0.25, 0.3) is 0 Å². The maximum Gasteiger partial charge on any atom is 0.0588 e. The van der Waals surface area contributed by atoms with Crippen LogP contribution < -0.4 is 0 Å². The van der Waals surface area contributed by atoms with E-state index in [2.05, 4.69) is 23.4 Å². The molecule has 1 nitrogen and oxygen atoms in total. The number of hydrogen-bond donors (Lipinski definition) is 0. The van der Waals surface area contributed by atoms with Gasteiger partial charge in [0, 0.05) is 17.0 Å². The summed E-state index contributed by atoms with van der Waals surface area (Å²) in [6.45, 7) is 0. The Hall–Kier alpha value is -0.310. The minimum Gasteiger partial charge on any atom is -0.297 e. The van der Waals surface area contributed by atoms with Crippen LogP contribution in [0.15, 0.2) is 17.5 Å². The van der Waals surface area contributed by atoms with Gasteiger partial charge >= 0.3 is 0 Å². The van der Waals surface area contributed by atoms with Crippen LogP contribution in [0.1, 0.15) is 24.1 Å². The summed E-state index contributed by atoms with van der Waals surface area (Å²) in [7, 11) is 2.24. The molecule has 3 heterocycles. The molecular weight excluding hydrogens is 226 g/mol. The lowest BCUT2D eigenvalue weighted by molar-refractivity contribution is 0.264. The second-order valence-corrected chi connectivity index (χ2v) is 5.78. The normalized spacial score (nSPS) is 30.7. The molecule has 3 heteroatoms. The van der Waals surface area contributed by atoms with Gasteiger partial charge in [-0.3, -0.25) is 4.90 Å². The van der Waals surface area contributed by atoms with Gasteiger partial charge in [0.1, 0.15) is 0 Å². The van der Waals surface area contributed by atoms with E-state index in [4.69, 9.17) is 11.6 Å². The minimum atomic E-state index is 0.650. The number of rotatable bonds is 1. The average Bonchev–Trinajstić information content (AvgIpc) is 2.70. The topological polar surface area (TPSA) is 3.24 Å². The molecule has 0 amide bonds. The van der Waals surface area contributed by atoms with Crippen molar-refractivity contribution in [1.82, 2.24) is 4.90 Å². The number of thiophene rings is 1. The summed E-state index contributed by atoms with van der Waals surface area (Å²) in [6.07, 6.45) is 6.24. The van der Waals surface area contributed by atoms with Gasteiger partial charge < -0.3 is 0 Å². The second-order valence-electron chi connectivity index (χ2n) is 4.46. The molecule has 1 saturated heterocycles.